The number of hydrogen-bond donors (Lipinski definition) is 2. The van der Waals surface area contributed by atoms with Crippen molar-refractivity contribution in [1.82, 2.24) is 10.2 Å². The second-order valence-corrected chi connectivity index (χ2v) is 4.85. The second-order valence-electron chi connectivity index (χ2n) is 4.85. The third-order valence-electron chi connectivity index (χ3n) is 3.66. The van der Waals surface area contributed by atoms with Crippen LogP contribution in [0.3, 0.4) is 0 Å². The summed E-state index contributed by atoms with van der Waals surface area (Å²) in [6.45, 7) is 0. The molecule has 4 heteroatoms. The largest absolute Gasteiger partial charge is 0.377 e. The summed E-state index contributed by atoms with van der Waals surface area (Å²) in [6, 6.07) is 5.20. The molecule has 2 aromatic rings. The van der Waals surface area contributed by atoms with Crippen LogP contribution in [0.25, 0.3) is 11.3 Å². The SMILES string of the molecule is Fc1ccc2c(c1)-c1[nH]ncc1[C@@H](C1CC1)N2. The number of benzene rings is 1. The average Bonchev–Trinajstić information content (AvgIpc) is 3.05. The molecule has 3 nitrogen and oxygen atoms in total. The molecule has 0 unspecified atom stereocenters. The Kier molecular flexibility index (Phi) is 1.68. The Bertz CT molecular complexity index is 586. The van der Waals surface area contributed by atoms with Crippen LogP contribution in [0.4, 0.5) is 10.1 Å². The van der Waals surface area contributed by atoms with Gasteiger partial charge >= 0.3 is 0 Å². The maximum absolute atomic E-state index is 13.3. The molecule has 0 spiro atoms. The maximum Gasteiger partial charge on any atom is 0.124 e. The maximum atomic E-state index is 13.3. The van der Waals surface area contributed by atoms with Crippen molar-refractivity contribution in [2.45, 2.75) is 18.9 Å². The van der Waals surface area contributed by atoms with Crippen LogP contribution in [0, 0.1) is 11.7 Å². The van der Waals surface area contributed by atoms with E-state index >= 15 is 0 Å². The quantitative estimate of drug-likeness (QED) is 0.788. The summed E-state index contributed by atoms with van der Waals surface area (Å²) >= 11 is 0. The molecule has 1 saturated carbocycles. The Balaban J connectivity index is 1.91. The predicted molar refractivity (Wildman–Crippen MR) is 63.1 cm³/mol. The van der Waals surface area contributed by atoms with E-state index in [1.54, 1.807) is 6.07 Å². The first-order valence-corrected chi connectivity index (χ1v) is 5.92. The molecule has 2 N–H and O–H groups in total. The fourth-order valence-corrected chi connectivity index (χ4v) is 2.64. The number of rotatable bonds is 1. The van der Waals surface area contributed by atoms with Crippen LogP contribution in [-0.4, -0.2) is 10.2 Å². The molecule has 0 radical (unpaired) electrons. The van der Waals surface area contributed by atoms with Crippen molar-refractivity contribution in [2.75, 3.05) is 5.32 Å². The first-order valence-electron chi connectivity index (χ1n) is 5.92. The Morgan fingerprint density at radius 2 is 2.18 bits per heavy atom. The average molecular weight is 229 g/mol. The van der Waals surface area contributed by atoms with Gasteiger partial charge in [-0.15, -0.1) is 0 Å². The van der Waals surface area contributed by atoms with Crippen molar-refractivity contribution in [2.24, 2.45) is 5.92 Å². The Morgan fingerprint density at radius 1 is 1.29 bits per heavy atom. The van der Waals surface area contributed by atoms with Gasteiger partial charge in [-0.1, -0.05) is 0 Å². The molecular weight excluding hydrogens is 217 g/mol. The molecule has 1 aliphatic carbocycles. The van der Waals surface area contributed by atoms with Gasteiger partial charge in [0.25, 0.3) is 0 Å². The van der Waals surface area contributed by atoms with Crippen LogP contribution < -0.4 is 5.32 Å². The van der Waals surface area contributed by atoms with Crippen LogP contribution in [0.15, 0.2) is 24.4 Å². The van der Waals surface area contributed by atoms with Crippen LogP contribution in [0.1, 0.15) is 24.4 Å². The Labute approximate surface area is 98.0 Å². The van der Waals surface area contributed by atoms with Gasteiger partial charge in [0.15, 0.2) is 0 Å². The molecule has 2 heterocycles. The highest BCUT2D eigenvalue weighted by Crippen LogP contribution is 2.49. The second kappa shape index (κ2) is 3.09. The summed E-state index contributed by atoms with van der Waals surface area (Å²) in [4.78, 5) is 0. The van der Waals surface area contributed by atoms with Gasteiger partial charge in [-0.05, 0) is 37.0 Å². The molecular formula is C13H12FN3. The number of aromatic amines is 1. The number of anilines is 1. The molecule has 1 fully saturated rings. The monoisotopic (exact) mass is 229 g/mol. The lowest BCUT2D eigenvalue weighted by atomic mass is 9.93. The topological polar surface area (TPSA) is 40.7 Å². The first kappa shape index (κ1) is 9.22. The van der Waals surface area contributed by atoms with E-state index in [2.05, 4.69) is 15.5 Å². The van der Waals surface area contributed by atoms with Gasteiger partial charge in [0.2, 0.25) is 0 Å². The lowest BCUT2D eigenvalue weighted by Gasteiger charge is -2.26. The number of nitrogens with one attached hydrogen (secondary N) is 2. The standard InChI is InChI=1S/C13H12FN3/c14-8-3-4-11-9(5-8)13-10(6-15-17-13)12(16-11)7-1-2-7/h3-7,12,16H,1-2H2,(H,15,17)/t12-/m1/s1. The highest BCUT2D eigenvalue weighted by atomic mass is 19.1. The highest BCUT2D eigenvalue weighted by molar-refractivity contribution is 5.81. The lowest BCUT2D eigenvalue weighted by molar-refractivity contribution is 0.626. The van der Waals surface area contributed by atoms with Crippen molar-refractivity contribution in [1.29, 1.82) is 0 Å². The van der Waals surface area contributed by atoms with Crippen molar-refractivity contribution in [3.05, 3.63) is 35.8 Å². The summed E-state index contributed by atoms with van der Waals surface area (Å²) in [6.07, 6.45) is 4.39. The summed E-state index contributed by atoms with van der Waals surface area (Å²) in [5.41, 5.74) is 4.02. The van der Waals surface area contributed by atoms with Crippen LogP contribution in [0.2, 0.25) is 0 Å². The van der Waals surface area contributed by atoms with E-state index in [1.807, 2.05) is 12.3 Å². The van der Waals surface area contributed by atoms with E-state index in [-0.39, 0.29) is 5.82 Å². The van der Waals surface area contributed by atoms with Gasteiger partial charge in [-0.2, -0.15) is 5.10 Å². The molecule has 4 rings (SSSR count). The third kappa shape index (κ3) is 1.30. The van der Waals surface area contributed by atoms with E-state index in [1.165, 1.54) is 24.5 Å². The van der Waals surface area contributed by atoms with Gasteiger partial charge < -0.3 is 5.32 Å². The van der Waals surface area contributed by atoms with Crippen LogP contribution in [-0.2, 0) is 0 Å². The van der Waals surface area contributed by atoms with Gasteiger partial charge in [-0.3, -0.25) is 5.10 Å². The van der Waals surface area contributed by atoms with Crippen LogP contribution >= 0.6 is 0 Å². The molecule has 86 valence electrons. The fraction of sp³-hybridized carbons (Fsp3) is 0.308. The van der Waals surface area contributed by atoms with Crippen molar-refractivity contribution in [3.8, 4) is 11.3 Å². The van der Waals surface area contributed by atoms with Crippen LogP contribution in [0.5, 0.6) is 0 Å². The molecule has 1 aromatic carbocycles. The van der Waals surface area contributed by atoms with E-state index < -0.39 is 0 Å². The summed E-state index contributed by atoms with van der Waals surface area (Å²) in [5.74, 6) is 0.487. The lowest BCUT2D eigenvalue weighted by Crippen LogP contribution is -2.17. The molecule has 2 aliphatic rings. The Morgan fingerprint density at radius 3 is 3.00 bits per heavy atom. The van der Waals surface area contributed by atoms with E-state index in [9.17, 15) is 4.39 Å². The molecule has 1 aliphatic heterocycles. The van der Waals surface area contributed by atoms with Gasteiger partial charge in [0, 0.05) is 16.8 Å². The summed E-state index contributed by atoms with van der Waals surface area (Å²) < 4.78 is 13.3. The highest BCUT2D eigenvalue weighted by Gasteiger charge is 2.37. The summed E-state index contributed by atoms with van der Waals surface area (Å²) in [5, 5.41) is 10.6. The fourth-order valence-electron chi connectivity index (χ4n) is 2.64. The van der Waals surface area contributed by atoms with Crippen molar-refractivity contribution >= 4 is 5.69 Å². The zero-order valence-electron chi connectivity index (χ0n) is 9.20. The molecule has 0 bridgehead atoms. The number of hydrogen-bond acceptors (Lipinski definition) is 2. The number of H-pyrrole nitrogens is 1. The number of nitrogens with zero attached hydrogens (tertiary/aromatic N) is 1. The van der Waals surface area contributed by atoms with Gasteiger partial charge in [-0.25, -0.2) is 4.39 Å². The van der Waals surface area contributed by atoms with E-state index in [4.69, 9.17) is 0 Å². The van der Waals surface area contributed by atoms with Crippen molar-refractivity contribution < 1.29 is 4.39 Å². The first-order chi connectivity index (χ1) is 8.33. The van der Waals surface area contributed by atoms with Gasteiger partial charge in [0.05, 0.1) is 17.9 Å². The van der Waals surface area contributed by atoms with Gasteiger partial charge in [0.1, 0.15) is 5.82 Å². The minimum Gasteiger partial charge on any atom is -0.377 e. The Hall–Kier alpha value is -1.84. The molecule has 0 saturated heterocycles. The molecule has 1 atom stereocenters. The zero-order valence-corrected chi connectivity index (χ0v) is 9.20. The number of fused-ring (bicyclic) bond motifs is 3. The van der Waals surface area contributed by atoms with Crippen molar-refractivity contribution in [3.63, 3.8) is 0 Å². The predicted octanol–water partition coefficient (Wildman–Crippen LogP) is 3.09. The minimum atomic E-state index is -0.212. The van der Waals surface area contributed by atoms with E-state index in [0.29, 0.717) is 12.0 Å². The summed E-state index contributed by atoms with van der Waals surface area (Å²) in [7, 11) is 0. The third-order valence-corrected chi connectivity index (χ3v) is 3.66. The molecule has 0 amide bonds. The zero-order chi connectivity index (χ0) is 11.4. The van der Waals surface area contributed by atoms with E-state index in [0.717, 1.165) is 16.9 Å². The minimum absolute atomic E-state index is 0.212. The normalized spacial score (nSPS) is 21.6. The number of aromatic nitrogens is 2. The number of halogens is 1. The molecule has 17 heavy (non-hydrogen) atoms. The molecule has 1 aromatic heterocycles. The smallest absolute Gasteiger partial charge is 0.124 e.